The smallest absolute Gasteiger partial charge is 0.328 e. The number of carbonyl (C=O) groups is 1. The molecule has 7 heteroatoms. The summed E-state index contributed by atoms with van der Waals surface area (Å²) in [6.07, 6.45) is 11.8. The normalized spacial score (nSPS) is 19.0. The minimum atomic E-state index is -3.69. The molecule has 0 unspecified atom stereocenters. The molecule has 6 nitrogen and oxygen atoms in total. The van der Waals surface area contributed by atoms with E-state index in [1.807, 2.05) is 19.1 Å². The minimum absolute atomic E-state index is 0.200. The number of sulfonamides is 1. The molecule has 0 bridgehead atoms. The van der Waals surface area contributed by atoms with E-state index in [0.29, 0.717) is 30.4 Å². The van der Waals surface area contributed by atoms with Gasteiger partial charge in [0.05, 0.1) is 16.7 Å². The van der Waals surface area contributed by atoms with Gasteiger partial charge in [-0.3, -0.25) is 0 Å². The quantitative estimate of drug-likeness (QED) is 0.446. The van der Waals surface area contributed by atoms with Crippen LogP contribution in [0.15, 0.2) is 94.2 Å². The molecular formula is C24H29NO5S. The number of rotatable bonds is 8. The average Bonchev–Trinajstić information content (AvgIpc) is 2.72. The van der Waals surface area contributed by atoms with Crippen LogP contribution in [0.2, 0.25) is 0 Å². The number of aliphatic carboxylic acids is 1. The molecule has 1 aliphatic carbocycles. The van der Waals surface area contributed by atoms with Crippen molar-refractivity contribution in [1.29, 1.82) is 0 Å². The van der Waals surface area contributed by atoms with Crippen molar-refractivity contribution in [2.75, 3.05) is 7.05 Å². The van der Waals surface area contributed by atoms with Gasteiger partial charge in [-0.15, -0.1) is 0 Å². The molecule has 0 saturated heterocycles. The van der Waals surface area contributed by atoms with Gasteiger partial charge in [-0.1, -0.05) is 54.2 Å². The molecule has 166 valence electrons. The number of allylic oxidation sites excluding steroid dienone is 7. The zero-order chi connectivity index (χ0) is 23.0. The topological polar surface area (TPSA) is 94.9 Å². The van der Waals surface area contributed by atoms with E-state index in [2.05, 4.69) is 0 Å². The lowest BCUT2D eigenvalue weighted by molar-refractivity contribution is -0.131. The molecule has 0 spiro atoms. The summed E-state index contributed by atoms with van der Waals surface area (Å²) in [4.78, 5) is 10.9. The Morgan fingerprint density at radius 2 is 1.81 bits per heavy atom. The van der Waals surface area contributed by atoms with Crippen molar-refractivity contribution in [3.05, 3.63) is 89.3 Å². The number of benzene rings is 1. The van der Waals surface area contributed by atoms with Crippen LogP contribution in [0.25, 0.3) is 0 Å². The lowest BCUT2D eigenvalue weighted by Gasteiger charge is -2.32. The highest BCUT2D eigenvalue weighted by Crippen LogP contribution is 2.31. The first-order valence-electron chi connectivity index (χ1n) is 10.0. The van der Waals surface area contributed by atoms with Gasteiger partial charge in [0.15, 0.2) is 0 Å². The molecule has 0 aliphatic heterocycles. The van der Waals surface area contributed by atoms with Gasteiger partial charge in [0, 0.05) is 25.1 Å². The molecule has 0 aromatic heterocycles. The van der Waals surface area contributed by atoms with Gasteiger partial charge in [-0.05, 0) is 44.4 Å². The van der Waals surface area contributed by atoms with Gasteiger partial charge < -0.3 is 10.2 Å². The summed E-state index contributed by atoms with van der Waals surface area (Å²) in [6, 6.07) is 7.80. The van der Waals surface area contributed by atoms with Crippen molar-refractivity contribution >= 4 is 16.0 Å². The van der Waals surface area contributed by atoms with Crippen molar-refractivity contribution in [3.63, 3.8) is 0 Å². The monoisotopic (exact) mass is 443 g/mol. The molecule has 0 heterocycles. The molecule has 0 radical (unpaired) electrons. The molecule has 2 N–H and O–H groups in total. The van der Waals surface area contributed by atoms with E-state index < -0.39 is 22.0 Å². The van der Waals surface area contributed by atoms with E-state index in [1.165, 1.54) is 4.31 Å². The third-order valence-electron chi connectivity index (χ3n) is 5.04. The predicted octanol–water partition coefficient (Wildman–Crippen LogP) is 4.76. The standard InChI is InChI=1S/C24H29NO5S/c1-18(9-7-10-19(2)17-24(27)28)15-16-21-22(13-8-14-23(21)26)25(3)31(29,30)20-11-5-4-6-12-20/h4-7,9-12,15-17,22,26H,8,13-14H2,1-3H3,(H,27,28)/b10-7+,16-15+,18-9+,19-17+/t22-/m1/s1. The fourth-order valence-electron chi connectivity index (χ4n) is 3.34. The Labute approximate surface area is 184 Å². The van der Waals surface area contributed by atoms with Crippen LogP contribution < -0.4 is 0 Å². The lowest BCUT2D eigenvalue weighted by atomic mass is 9.92. The summed E-state index contributed by atoms with van der Waals surface area (Å²) in [5.41, 5.74) is 2.07. The first-order chi connectivity index (χ1) is 14.6. The third kappa shape index (κ3) is 6.80. The van der Waals surface area contributed by atoms with Gasteiger partial charge in [0.25, 0.3) is 0 Å². The Balaban J connectivity index is 2.24. The van der Waals surface area contributed by atoms with Gasteiger partial charge in [0.2, 0.25) is 10.0 Å². The molecule has 2 rings (SSSR count). The maximum absolute atomic E-state index is 13.0. The molecule has 1 aromatic rings. The van der Waals surface area contributed by atoms with Crippen LogP contribution in [0.5, 0.6) is 0 Å². The van der Waals surface area contributed by atoms with Crippen LogP contribution in [0.4, 0.5) is 0 Å². The fraction of sp³-hybridized carbons (Fsp3) is 0.292. The summed E-state index contributed by atoms with van der Waals surface area (Å²) in [6.45, 7) is 3.57. The first-order valence-corrected chi connectivity index (χ1v) is 11.5. The second-order valence-electron chi connectivity index (χ2n) is 7.47. The summed E-state index contributed by atoms with van der Waals surface area (Å²) >= 11 is 0. The summed E-state index contributed by atoms with van der Waals surface area (Å²) in [7, 11) is -2.15. The van der Waals surface area contributed by atoms with Crippen LogP contribution in [0.1, 0.15) is 33.1 Å². The van der Waals surface area contributed by atoms with Crippen molar-refractivity contribution in [2.24, 2.45) is 0 Å². The Bertz CT molecular complexity index is 1050. The average molecular weight is 444 g/mol. The number of carboxylic acid groups (broad SMARTS) is 1. The van der Waals surface area contributed by atoms with Crippen LogP contribution in [-0.4, -0.2) is 42.0 Å². The lowest BCUT2D eigenvalue weighted by Crippen LogP contribution is -2.39. The van der Waals surface area contributed by atoms with Crippen LogP contribution in [0.3, 0.4) is 0 Å². The molecule has 1 aliphatic rings. The maximum Gasteiger partial charge on any atom is 0.328 e. The van der Waals surface area contributed by atoms with Gasteiger partial charge in [0.1, 0.15) is 0 Å². The van der Waals surface area contributed by atoms with E-state index in [4.69, 9.17) is 5.11 Å². The molecule has 1 atom stereocenters. The van der Waals surface area contributed by atoms with Crippen molar-refractivity contribution < 1.29 is 23.4 Å². The SMILES string of the molecule is CC(/C=C/C1=C(O)CCC[C@H]1N(C)S(=O)(=O)c1ccccc1)=C\C=C\C(C)=C\C(=O)O. The Morgan fingerprint density at radius 3 is 2.45 bits per heavy atom. The largest absolute Gasteiger partial charge is 0.512 e. The molecule has 0 fully saturated rings. The van der Waals surface area contributed by atoms with E-state index >= 15 is 0 Å². The second kappa shape index (κ2) is 10.9. The number of hydrogen-bond donors (Lipinski definition) is 2. The zero-order valence-corrected chi connectivity index (χ0v) is 18.8. The number of hydrogen-bond acceptors (Lipinski definition) is 4. The number of aliphatic hydroxyl groups excluding tert-OH is 1. The zero-order valence-electron chi connectivity index (χ0n) is 18.0. The predicted molar refractivity (Wildman–Crippen MR) is 122 cm³/mol. The Kier molecular flexibility index (Phi) is 8.59. The highest BCUT2D eigenvalue weighted by atomic mass is 32.2. The number of nitrogens with zero attached hydrogens (tertiary/aromatic N) is 1. The van der Waals surface area contributed by atoms with Crippen LogP contribution in [-0.2, 0) is 14.8 Å². The molecule has 0 amide bonds. The van der Waals surface area contributed by atoms with E-state index in [9.17, 15) is 18.3 Å². The van der Waals surface area contributed by atoms with Crippen molar-refractivity contribution in [1.82, 2.24) is 4.31 Å². The summed E-state index contributed by atoms with van der Waals surface area (Å²) in [5.74, 6) is -0.797. The highest BCUT2D eigenvalue weighted by molar-refractivity contribution is 7.89. The third-order valence-corrected chi connectivity index (χ3v) is 6.92. The number of carboxylic acids is 1. The van der Waals surface area contributed by atoms with Gasteiger partial charge in [-0.2, -0.15) is 4.31 Å². The Hall–Kier alpha value is -2.90. The fourth-order valence-corrected chi connectivity index (χ4v) is 4.73. The van der Waals surface area contributed by atoms with Crippen molar-refractivity contribution in [3.8, 4) is 0 Å². The minimum Gasteiger partial charge on any atom is -0.512 e. The first kappa shape index (κ1) is 24.4. The Morgan fingerprint density at radius 1 is 1.13 bits per heavy atom. The highest BCUT2D eigenvalue weighted by Gasteiger charge is 2.32. The van der Waals surface area contributed by atoms with Crippen LogP contribution in [0, 0.1) is 0 Å². The van der Waals surface area contributed by atoms with E-state index in [-0.39, 0.29) is 10.7 Å². The number of aliphatic hydroxyl groups is 1. The van der Waals surface area contributed by atoms with E-state index in [0.717, 1.165) is 11.6 Å². The molecular weight excluding hydrogens is 414 g/mol. The van der Waals surface area contributed by atoms with Crippen LogP contribution >= 0.6 is 0 Å². The van der Waals surface area contributed by atoms with E-state index in [1.54, 1.807) is 62.5 Å². The molecule has 0 saturated carbocycles. The van der Waals surface area contributed by atoms with Gasteiger partial charge >= 0.3 is 5.97 Å². The van der Waals surface area contributed by atoms with Crippen molar-refractivity contribution in [2.45, 2.75) is 44.0 Å². The maximum atomic E-state index is 13.0. The molecule has 1 aromatic carbocycles. The summed E-state index contributed by atoms with van der Waals surface area (Å²) in [5, 5.41) is 19.2. The number of likely N-dealkylation sites (N-methyl/N-ethyl adjacent to an activating group) is 1. The van der Waals surface area contributed by atoms with Gasteiger partial charge in [-0.25, -0.2) is 13.2 Å². The second-order valence-corrected chi connectivity index (χ2v) is 9.47. The molecule has 31 heavy (non-hydrogen) atoms. The summed E-state index contributed by atoms with van der Waals surface area (Å²) < 4.78 is 27.4.